The van der Waals surface area contributed by atoms with Crippen LogP contribution in [0.3, 0.4) is 0 Å². The first-order chi connectivity index (χ1) is 14.1. The van der Waals surface area contributed by atoms with Crippen LogP contribution in [0.1, 0.15) is 37.4 Å². The Balaban J connectivity index is 1.33. The number of nitrogens with zero attached hydrogens (tertiary/aromatic N) is 5. The number of carbonyl (C=O) groups is 1. The van der Waals surface area contributed by atoms with Gasteiger partial charge in [0.2, 0.25) is 5.91 Å². The van der Waals surface area contributed by atoms with E-state index in [0.717, 1.165) is 30.2 Å². The largest absolute Gasteiger partial charge is 0.357 e. The number of piperidine rings is 1. The van der Waals surface area contributed by atoms with E-state index in [1.54, 1.807) is 17.1 Å². The lowest BCUT2D eigenvalue weighted by Crippen LogP contribution is -2.40. The van der Waals surface area contributed by atoms with Gasteiger partial charge in [0.1, 0.15) is 5.82 Å². The number of amides is 1. The van der Waals surface area contributed by atoms with Crippen LogP contribution in [0.15, 0.2) is 29.5 Å². The van der Waals surface area contributed by atoms with Gasteiger partial charge in [0.25, 0.3) is 5.56 Å². The zero-order valence-electron chi connectivity index (χ0n) is 16.9. The Kier molecular flexibility index (Phi) is 5.89. The third kappa shape index (κ3) is 4.48. The molecule has 2 aliphatic heterocycles. The molecule has 8 nitrogen and oxygen atoms in total. The maximum absolute atomic E-state index is 12.5. The Morgan fingerprint density at radius 2 is 1.97 bits per heavy atom. The van der Waals surface area contributed by atoms with Gasteiger partial charge in [0.15, 0.2) is 0 Å². The van der Waals surface area contributed by atoms with E-state index < -0.39 is 0 Å². The van der Waals surface area contributed by atoms with E-state index in [-0.39, 0.29) is 18.0 Å². The van der Waals surface area contributed by atoms with E-state index in [1.165, 1.54) is 19.3 Å². The van der Waals surface area contributed by atoms with E-state index in [4.69, 9.17) is 0 Å². The Labute approximate surface area is 170 Å². The van der Waals surface area contributed by atoms with Crippen molar-refractivity contribution in [3.63, 3.8) is 0 Å². The second-order valence-corrected chi connectivity index (χ2v) is 7.72. The molecule has 0 radical (unpaired) electrons. The van der Waals surface area contributed by atoms with E-state index in [0.29, 0.717) is 31.7 Å². The first-order valence-electron chi connectivity index (χ1n) is 10.4. The molecule has 0 aromatic carbocycles. The summed E-state index contributed by atoms with van der Waals surface area (Å²) in [7, 11) is 0. The third-order valence-corrected chi connectivity index (χ3v) is 5.69. The molecule has 0 unspecified atom stereocenters. The minimum absolute atomic E-state index is 0.0430. The van der Waals surface area contributed by atoms with Gasteiger partial charge in [-0.2, -0.15) is 0 Å². The SMILES string of the molecule is CCn1cnc2c(c1=O)CCN(CC(=O)Nc1ccc(N3CCCCC3)nc1)C2. The molecule has 1 N–H and O–H groups in total. The van der Waals surface area contributed by atoms with Crippen molar-refractivity contribution < 1.29 is 4.79 Å². The lowest BCUT2D eigenvalue weighted by Gasteiger charge is -2.28. The van der Waals surface area contributed by atoms with Crippen molar-refractivity contribution in [2.45, 2.75) is 45.7 Å². The summed E-state index contributed by atoms with van der Waals surface area (Å²) in [5.74, 6) is 0.891. The molecule has 4 heterocycles. The van der Waals surface area contributed by atoms with E-state index in [1.807, 2.05) is 24.0 Å². The van der Waals surface area contributed by atoms with Crippen LogP contribution in [-0.4, -0.2) is 51.5 Å². The summed E-state index contributed by atoms with van der Waals surface area (Å²) < 4.78 is 1.63. The molecule has 0 aliphatic carbocycles. The van der Waals surface area contributed by atoms with Crippen LogP contribution in [0.4, 0.5) is 11.5 Å². The van der Waals surface area contributed by atoms with Gasteiger partial charge in [-0.15, -0.1) is 0 Å². The third-order valence-electron chi connectivity index (χ3n) is 5.69. The fourth-order valence-electron chi connectivity index (χ4n) is 4.05. The Morgan fingerprint density at radius 1 is 1.14 bits per heavy atom. The highest BCUT2D eigenvalue weighted by atomic mass is 16.2. The standard InChI is InChI=1S/C21H28N6O2/c1-2-26-15-23-18-13-25(11-8-17(18)21(26)29)14-20(28)24-16-6-7-19(22-12-16)27-9-4-3-5-10-27/h6-7,12,15H,2-5,8-11,13-14H2,1H3,(H,24,28). The van der Waals surface area contributed by atoms with Crippen molar-refractivity contribution >= 4 is 17.4 Å². The molecule has 2 aromatic heterocycles. The molecule has 1 saturated heterocycles. The fourth-order valence-corrected chi connectivity index (χ4v) is 4.05. The molecule has 0 atom stereocenters. The van der Waals surface area contributed by atoms with E-state index in [2.05, 4.69) is 20.2 Å². The van der Waals surface area contributed by atoms with Gasteiger partial charge in [-0.3, -0.25) is 19.1 Å². The Morgan fingerprint density at radius 3 is 2.69 bits per heavy atom. The summed E-state index contributed by atoms with van der Waals surface area (Å²) in [6, 6.07) is 3.88. The van der Waals surface area contributed by atoms with Crippen molar-refractivity contribution in [2.24, 2.45) is 0 Å². The average Bonchev–Trinajstić information content (AvgIpc) is 2.75. The van der Waals surface area contributed by atoms with Crippen molar-refractivity contribution in [1.29, 1.82) is 0 Å². The van der Waals surface area contributed by atoms with Crippen LogP contribution in [0.25, 0.3) is 0 Å². The van der Waals surface area contributed by atoms with E-state index in [9.17, 15) is 9.59 Å². The molecule has 0 spiro atoms. The average molecular weight is 396 g/mol. The first-order valence-corrected chi connectivity index (χ1v) is 10.4. The highest BCUT2D eigenvalue weighted by Gasteiger charge is 2.22. The molecular weight excluding hydrogens is 368 g/mol. The second kappa shape index (κ2) is 8.73. The Hall–Kier alpha value is -2.74. The number of nitrogens with one attached hydrogen (secondary N) is 1. The first kappa shape index (κ1) is 19.6. The van der Waals surface area contributed by atoms with Gasteiger partial charge in [0, 0.05) is 38.3 Å². The number of rotatable bonds is 5. The predicted molar refractivity (Wildman–Crippen MR) is 112 cm³/mol. The van der Waals surface area contributed by atoms with Gasteiger partial charge in [0.05, 0.1) is 30.5 Å². The quantitative estimate of drug-likeness (QED) is 0.827. The van der Waals surface area contributed by atoms with E-state index >= 15 is 0 Å². The zero-order valence-corrected chi connectivity index (χ0v) is 16.9. The van der Waals surface area contributed by atoms with Crippen LogP contribution >= 0.6 is 0 Å². The van der Waals surface area contributed by atoms with Gasteiger partial charge in [-0.1, -0.05) is 0 Å². The number of hydrogen-bond donors (Lipinski definition) is 1. The molecule has 2 aromatic rings. The highest BCUT2D eigenvalue weighted by Crippen LogP contribution is 2.19. The highest BCUT2D eigenvalue weighted by molar-refractivity contribution is 5.92. The molecule has 1 amide bonds. The van der Waals surface area contributed by atoms with Gasteiger partial charge < -0.3 is 10.2 Å². The molecule has 0 bridgehead atoms. The minimum Gasteiger partial charge on any atom is -0.357 e. The van der Waals surface area contributed by atoms with Crippen molar-refractivity contribution in [3.8, 4) is 0 Å². The van der Waals surface area contributed by atoms with Crippen molar-refractivity contribution in [2.75, 3.05) is 36.4 Å². The topological polar surface area (TPSA) is 83.4 Å². The molecule has 154 valence electrons. The van der Waals surface area contributed by atoms with Crippen LogP contribution in [0.5, 0.6) is 0 Å². The number of hydrogen-bond acceptors (Lipinski definition) is 6. The minimum atomic E-state index is -0.0807. The lowest BCUT2D eigenvalue weighted by atomic mass is 10.1. The smallest absolute Gasteiger partial charge is 0.256 e. The molecule has 8 heteroatoms. The number of pyridine rings is 1. The van der Waals surface area contributed by atoms with Crippen molar-refractivity contribution in [3.05, 3.63) is 46.3 Å². The normalized spacial score (nSPS) is 17.1. The molecule has 0 saturated carbocycles. The number of aryl methyl sites for hydroxylation is 1. The van der Waals surface area contributed by atoms with Crippen LogP contribution in [0.2, 0.25) is 0 Å². The van der Waals surface area contributed by atoms with Crippen LogP contribution in [-0.2, 0) is 24.3 Å². The molecular formula is C21H28N6O2. The summed E-state index contributed by atoms with van der Waals surface area (Å²) in [5, 5.41) is 2.93. The predicted octanol–water partition coefficient (Wildman–Crippen LogP) is 1.65. The number of fused-ring (bicyclic) bond motifs is 1. The number of anilines is 2. The number of aromatic nitrogens is 3. The maximum atomic E-state index is 12.5. The Bertz CT molecular complexity index is 918. The molecule has 4 rings (SSSR count). The maximum Gasteiger partial charge on any atom is 0.256 e. The van der Waals surface area contributed by atoms with Gasteiger partial charge in [-0.25, -0.2) is 9.97 Å². The summed E-state index contributed by atoms with van der Waals surface area (Å²) >= 11 is 0. The molecule has 29 heavy (non-hydrogen) atoms. The molecule has 1 fully saturated rings. The number of carbonyl (C=O) groups excluding carboxylic acids is 1. The second-order valence-electron chi connectivity index (χ2n) is 7.72. The summed E-state index contributed by atoms with van der Waals surface area (Å²) in [4.78, 5) is 38.1. The zero-order chi connectivity index (χ0) is 20.2. The monoisotopic (exact) mass is 396 g/mol. The lowest BCUT2D eigenvalue weighted by molar-refractivity contribution is -0.117. The van der Waals surface area contributed by atoms with Gasteiger partial charge >= 0.3 is 0 Å². The summed E-state index contributed by atoms with van der Waals surface area (Å²) in [6.45, 7) is 6.12. The van der Waals surface area contributed by atoms with Gasteiger partial charge in [-0.05, 0) is 44.7 Å². The van der Waals surface area contributed by atoms with Crippen LogP contribution in [0, 0.1) is 0 Å². The summed E-state index contributed by atoms with van der Waals surface area (Å²) in [5.41, 5.74) is 2.31. The summed E-state index contributed by atoms with van der Waals surface area (Å²) in [6.07, 6.45) is 7.65. The molecule has 2 aliphatic rings. The van der Waals surface area contributed by atoms with Crippen LogP contribution < -0.4 is 15.8 Å². The fraction of sp³-hybridized carbons (Fsp3) is 0.524. The van der Waals surface area contributed by atoms with Crippen molar-refractivity contribution in [1.82, 2.24) is 19.4 Å².